The predicted molar refractivity (Wildman–Crippen MR) is 163 cm³/mol. The molecule has 2 fully saturated rings. The van der Waals surface area contributed by atoms with E-state index < -0.39 is 18.1 Å². The lowest BCUT2D eigenvalue weighted by molar-refractivity contribution is -0.139. The zero-order chi connectivity index (χ0) is 27.5. The van der Waals surface area contributed by atoms with Gasteiger partial charge in [-0.2, -0.15) is 11.8 Å². The molecule has 0 radical (unpaired) electrons. The van der Waals surface area contributed by atoms with Crippen LogP contribution in [0.1, 0.15) is 37.7 Å². The summed E-state index contributed by atoms with van der Waals surface area (Å²) in [5.74, 6) is 3.10. The highest BCUT2D eigenvalue weighted by atomic mass is 35.5. The number of aliphatic carboxylic acids is 1. The molecular formula is C29H38ClN3O5S2. The molecule has 8 nitrogen and oxygen atoms in total. The first kappa shape index (κ1) is 32.1. The lowest BCUT2D eigenvalue weighted by Crippen LogP contribution is -2.54. The summed E-state index contributed by atoms with van der Waals surface area (Å²) in [4.78, 5) is 39.2. The molecule has 11 heteroatoms. The van der Waals surface area contributed by atoms with E-state index in [0.29, 0.717) is 35.6 Å². The minimum Gasteiger partial charge on any atom is -0.480 e. The Morgan fingerprint density at radius 3 is 2.42 bits per heavy atom. The third kappa shape index (κ3) is 10.2. The standard InChI is InChI=1S/C29H37N3O5S2.ClH/c33-27(34)16-32-20-39-19-26(32)29(36)31-25(18-38-17-22-7-3-1-4-8-22)28(35)30-15-21-11-13-24(14-12-21)37-23-9-5-2-6-10-23;/h2,5-6,9-14,22,25-26H,1,3-4,7-8,15-20H2,(H,30,35)(H,31,36)(H,33,34);1H/t25-,26-;/m0./s1. The van der Waals surface area contributed by atoms with Crippen LogP contribution in [-0.2, 0) is 20.9 Å². The number of carboxylic acids is 1. The van der Waals surface area contributed by atoms with Gasteiger partial charge in [0.1, 0.15) is 17.5 Å². The summed E-state index contributed by atoms with van der Waals surface area (Å²) in [7, 11) is 0. The van der Waals surface area contributed by atoms with Gasteiger partial charge < -0.3 is 20.5 Å². The van der Waals surface area contributed by atoms with Crippen molar-refractivity contribution in [1.29, 1.82) is 0 Å². The van der Waals surface area contributed by atoms with Crippen molar-refractivity contribution in [3.63, 3.8) is 0 Å². The van der Waals surface area contributed by atoms with E-state index in [2.05, 4.69) is 10.6 Å². The lowest BCUT2D eigenvalue weighted by Gasteiger charge is -2.25. The second-order valence-electron chi connectivity index (χ2n) is 10.0. The summed E-state index contributed by atoms with van der Waals surface area (Å²) in [5, 5.41) is 15.1. The Hall–Kier alpha value is -2.40. The maximum Gasteiger partial charge on any atom is 0.317 e. The Bertz CT molecular complexity index is 1090. The van der Waals surface area contributed by atoms with Gasteiger partial charge in [-0.1, -0.05) is 49.6 Å². The molecule has 2 aromatic rings. The highest BCUT2D eigenvalue weighted by Gasteiger charge is 2.34. The summed E-state index contributed by atoms with van der Waals surface area (Å²) < 4.78 is 5.84. The smallest absolute Gasteiger partial charge is 0.317 e. The molecule has 1 saturated heterocycles. The van der Waals surface area contributed by atoms with Gasteiger partial charge in [-0.15, -0.1) is 24.2 Å². The fourth-order valence-corrected chi connectivity index (χ4v) is 7.29. The molecule has 4 rings (SSSR count). The number of nitrogens with zero attached hydrogens (tertiary/aromatic N) is 1. The fraction of sp³-hybridized carbons (Fsp3) is 0.483. The number of thioether (sulfide) groups is 2. The number of carbonyl (C=O) groups is 3. The number of amides is 2. The van der Waals surface area contributed by atoms with E-state index in [1.807, 2.05) is 54.6 Å². The fourth-order valence-electron chi connectivity index (χ4n) is 4.82. The van der Waals surface area contributed by atoms with E-state index in [1.165, 1.54) is 43.9 Å². The van der Waals surface area contributed by atoms with E-state index in [0.717, 1.165) is 17.1 Å². The maximum atomic E-state index is 13.2. The molecule has 0 bridgehead atoms. The molecule has 2 aliphatic rings. The molecule has 1 aliphatic heterocycles. The number of benzene rings is 2. The summed E-state index contributed by atoms with van der Waals surface area (Å²) >= 11 is 3.24. The molecule has 0 spiro atoms. The second kappa shape index (κ2) is 16.8. The van der Waals surface area contributed by atoms with Gasteiger partial charge >= 0.3 is 5.97 Å². The highest BCUT2D eigenvalue weighted by Crippen LogP contribution is 2.27. The van der Waals surface area contributed by atoms with Gasteiger partial charge in [-0.3, -0.25) is 19.3 Å². The van der Waals surface area contributed by atoms with Gasteiger partial charge in [0.2, 0.25) is 11.8 Å². The Balaban J connectivity index is 0.00000441. The van der Waals surface area contributed by atoms with Crippen LogP contribution < -0.4 is 15.4 Å². The van der Waals surface area contributed by atoms with Crippen LogP contribution in [0.3, 0.4) is 0 Å². The van der Waals surface area contributed by atoms with Crippen LogP contribution in [0.25, 0.3) is 0 Å². The summed E-state index contributed by atoms with van der Waals surface area (Å²) in [6.45, 7) is 0.136. The van der Waals surface area contributed by atoms with Crippen molar-refractivity contribution in [2.45, 2.75) is 50.7 Å². The first-order valence-corrected chi connectivity index (χ1v) is 15.8. The van der Waals surface area contributed by atoms with E-state index in [4.69, 9.17) is 4.74 Å². The molecule has 40 heavy (non-hydrogen) atoms. The maximum absolute atomic E-state index is 13.2. The normalized spacial score (nSPS) is 18.4. The quantitative estimate of drug-likeness (QED) is 0.299. The molecule has 1 aliphatic carbocycles. The van der Waals surface area contributed by atoms with Crippen molar-refractivity contribution < 1.29 is 24.2 Å². The molecule has 218 valence electrons. The van der Waals surface area contributed by atoms with Gasteiger partial charge in [-0.25, -0.2) is 0 Å². The lowest BCUT2D eigenvalue weighted by atomic mass is 9.91. The average molecular weight is 608 g/mol. The van der Waals surface area contributed by atoms with E-state index in [1.54, 1.807) is 16.7 Å². The van der Waals surface area contributed by atoms with Crippen LogP contribution in [0.5, 0.6) is 11.5 Å². The first-order chi connectivity index (χ1) is 19.0. The molecule has 0 unspecified atom stereocenters. The van der Waals surface area contributed by atoms with Crippen molar-refractivity contribution in [3.8, 4) is 11.5 Å². The van der Waals surface area contributed by atoms with Crippen molar-refractivity contribution in [1.82, 2.24) is 15.5 Å². The van der Waals surface area contributed by atoms with Gasteiger partial charge in [0, 0.05) is 23.9 Å². The number of rotatable bonds is 13. The number of hydrogen-bond donors (Lipinski definition) is 3. The molecule has 1 saturated carbocycles. The van der Waals surface area contributed by atoms with Gasteiger partial charge in [0.05, 0.1) is 12.6 Å². The second-order valence-corrected chi connectivity index (χ2v) is 12.1. The number of halogens is 1. The Morgan fingerprint density at radius 1 is 1.02 bits per heavy atom. The van der Waals surface area contributed by atoms with Crippen LogP contribution >= 0.6 is 35.9 Å². The first-order valence-electron chi connectivity index (χ1n) is 13.5. The third-order valence-corrected chi connectivity index (χ3v) is 9.32. The van der Waals surface area contributed by atoms with Crippen molar-refractivity contribution >= 4 is 53.7 Å². The van der Waals surface area contributed by atoms with Crippen LogP contribution in [0.15, 0.2) is 54.6 Å². The van der Waals surface area contributed by atoms with E-state index >= 15 is 0 Å². The minimum atomic E-state index is -0.965. The Kier molecular flexibility index (Phi) is 13.5. The molecule has 2 aromatic carbocycles. The Morgan fingerprint density at radius 2 is 1.73 bits per heavy atom. The summed E-state index contributed by atoms with van der Waals surface area (Å²) in [6.07, 6.45) is 6.28. The topological polar surface area (TPSA) is 108 Å². The van der Waals surface area contributed by atoms with Crippen LogP contribution in [0, 0.1) is 5.92 Å². The molecule has 2 amide bonds. The zero-order valence-electron chi connectivity index (χ0n) is 22.5. The van der Waals surface area contributed by atoms with Crippen molar-refractivity contribution in [2.75, 3.05) is 29.7 Å². The number of carbonyl (C=O) groups excluding carboxylic acids is 2. The summed E-state index contributed by atoms with van der Waals surface area (Å²) in [6, 6.07) is 15.8. The molecule has 1 heterocycles. The average Bonchev–Trinajstić information content (AvgIpc) is 3.40. The SMILES string of the molecule is Cl.O=C(O)CN1CSC[C@H]1C(=O)N[C@@H](CSCC1CCCCC1)C(=O)NCc1ccc(Oc2ccccc2)cc1. The van der Waals surface area contributed by atoms with E-state index in [-0.39, 0.29) is 30.8 Å². The predicted octanol–water partition coefficient (Wildman–Crippen LogP) is 4.77. The van der Waals surface area contributed by atoms with Crippen molar-refractivity contribution in [3.05, 3.63) is 60.2 Å². The highest BCUT2D eigenvalue weighted by molar-refractivity contribution is 7.99. The number of carboxylic acid groups (broad SMARTS) is 1. The zero-order valence-corrected chi connectivity index (χ0v) is 24.9. The molecular weight excluding hydrogens is 570 g/mol. The number of nitrogens with one attached hydrogen (secondary N) is 2. The third-order valence-electron chi connectivity index (χ3n) is 6.98. The van der Waals surface area contributed by atoms with Gasteiger partial charge in [0.15, 0.2) is 0 Å². The molecule has 2 atom stereocenters. The minimum absolute atomic E-state index is 0. The molecule has 3 N–H and O–H groups in total. The van der Waals surface area contributed by atoms with Crippen LogP contribution in [0.2, 0.25) is 0 Å². The van der Waals surface area contributed by atoms with Gasteiger partial charge in [-0.05, 0) is 54.3 Å². The monoisotopic (exact) mass is 607 g/mol. The number of hydrogen-bond acceptors (Lipinski definition) is 7. The number of para-hydroxylation sites is 1. The largest absolute Gasteiger partial charge is 0.480 e. The Labute approximate surface area is 250 Å². The number of ether oxygens (including phenoxy) is 1. The van der Waals surface area contributed by atoms with E-state index in [9.17, 15) is 19.5 Å². The van der Waals surface area contributed by atoms with Gasteiger partial charge in [0.25, 0.3) is 0 Å². The molecule has 0 aromatic heterocycles. The van der Waals surface area contributed by atoms with Crippen LogP contribution in [-0.4, -0.2) is 69.6 Å². The summed E-state index contributed by atoms with van der Waals surface area (Å²) in [5.41, 5.74) is 0.920. The van der Waals surface area contributed by atoms with Crippen molar-refractivity contribution in [2.24, 2.45) is 5.92 Å². The van der Waals surface area contributed by atoms with Crippen LogP contribution in [0.4, 0.5) is 0 Å².